The third-order valence-corrected chi connectivity index (χ3v) is 2.59. The van der Waals surface area contributed by atoms with Crippen molar-refractivity contribution in [2.24, 2.45) is 5.92 Å². The van der Waals surface area contributed by atoms with Crippen molar-refractivity contribution in [1.29, 1.82) is 0 Å². The number of rotatable bonds is 0. The van der Waals surface area contributed by atoms with Crippen molar-refractivity contribution in [3.05, 3.63) is 21.7 Å². The van der Waals surface area contributed by atoms with E-state index in [4.69, 9.17) is 4.52 Å². The van der Waals surface area contributed by atoms with Gasteiger partial charge in [-0.25, -0.2) is 0 Å². The smallest absolute Gasteiger partial charge is 0.283 e. The van der Waals surface area contributed by atoms with Gasteiger partial charge >= 0.3 is 0 Å². The molecule has 1 heterocycles. The predicted octanol–water partition coefficient (Wildman–Crippen LogP) is 1.65. The highest BCUT2D eigenvalue weighted by Crippen LogP contribution is 2.31. The van der Waals surface area contributed by atoms with E-state index in [-0.39, 0.29) is 5.56 Å². The number of aromatic nitrogens is 1. The molecule has 0 spiro atoms. The van der Waals surface area contributed by atoms with Crippen LogP contribution in [0.5, 0.6) is 0 Å². The largest absolute Gasteiger partial charge is 0.383 e. The van der Waals surface area contributed by atoms with Crippen LogP contribution < -0.4 is 5.56 Å². The van der Waals surface area contributed by atoms with E-state index < -0.39 is 0 Å². The van der Waals surface area contributed by atoms with Crippen molar-refractivity contribution < 1.29 is 4.52 Å². The van der Waals surface area contributed by atoms with E-state index in [9.17, 15) is 4.79 Å². The van der Waals surface area contributed by atoms with Gasteiger partial charge in [-0.1, -0.05) is 13.8 Å². The Kier molecular flexibility index (Phi) is 1.60. The highest BCUT2D eigenvalue weighted by atomic mass is 16.5. The van der Waals surface area contributed by atoms with Crippen molar-refractivity contribution in [2.45, 2.75) is 32.6 Å². The van der Waals surface area contributed by atoms with Crippen molar-refractivity contribution in [1.82, 2.24) is 5.16 Å². The Hall–Kier alpha value is -0.990. The molecule has 1 aliphatic rings. The van der Waals surface area contributed by atoms with Crippen molar-refractivity contribution in [3.8, 4) is 0 Å². The number of H-pyrrole nitrogens is 1. The second-order valence-corrected chi connectivity index (χ2v) is 3.82. The standard InChI is InChI=1S/C9H13NO2/c1-5-3-6(2)8-7(4-5)12-10-9(8)11/h5-6H,3-4H2,1-2H3,(H,10,11)/t5-,6-/m0/s1. The zero-order valence-corrected chi connectivity index (χ0v) is 7.39. The van der Waals surface area contributed by atoms with Gasteiger partial charge in [-0.05, 0) is 18.3 Å². The molecule has 12 heavy (non-hydrogen) atoms. The lowest BCUT2D eigenvalue weighted by Crippen LogP contribution is -2.18. The number of aromatic amines is 1. The molecule has 1 aromatic rings. The van der Waals surface area contributed by atoms with E-state index >= 15 is 0 Å². The van der Waals surface area contributed by atoms with Crippen LogP contribution in [0.1, 0.15) is 37.5 Å². The number of fused-ring (bicyclic) bond motifs is 1. The Morgan fingerprint density at radius 1 is 1.50 bits per heavy atom. The van der Waals surface area contributed by atoms with Crippen molar-refractivity contribution in [3.63, 3.8) is 0 Å². The first-order chi connectivity index (χ1) is 5.68. The summed E-state index contributed by atoms with van der Waals surface area (Å²) in [7, 11) is 0. The fraction of sp³-hybridized carbons (Fsp3) is 0.667. The van der Waals surface area contributed by atoms with Crippen LogP contribution in [0, 0.1) is 5.92 Å². The molecule has 0 fully saturated rings. The first kappa shape index (κ1) is 7.65. The van der Waals surface area contributed by atoms with Gasteiger partial charge in [-0.2, -0.15) is 5.16 Å². The zero-order valence-electron chi connectivity index (χ0n) is 7.39. The minimum atomic E-state index is -0.0376. The fourth-order valence-corrected chi connectivity index (χ4v) is 2.12. The molecule has 1 N–H and O–H groups in total. The summed E-state index contributed by atoms with van der Waals surface area (Å²) in [6, 6.07) is 0. The summed E-state index contributed by atoms with van der Waals surface area (Å²) in [5.41, 5.74) is 0.831. The molecule has 0 aliphatic heterocycles. The molecule has 2 rings (SSSR count). The minimum Gasteiger partial charge on any atom is -0.383 e. The van der Waals surface area contributed by atoms with E-state index in [1.54, 1.807) is 0 Å². The summed E-state index contributed by atoms with van der Waals surface area (Å²) in [6.07, 6.45) is 1.99. The van der Waals surface area contributed by atoms with Crippen LogP contribution >= 0.6 is 0 Å². The maximum Gasteiger partial charge on any atom is 0.283 e. The highest BCUT2D eigenvalue weighted by Gasteiger charge is 2.27. The summed E-state index contributed by atoms with van der Waals surface area (Å²) in [4.78, 5) is 11.2. The maximum atomic E-state index is 11.2. The normalized spacial score (nSPS) is 28.5. The van der Waals surface area contributed by atoms with Gasteiger partial charge in [0.15, 0.2) is 0 Å². The van der Waals surface area contributed by atoms with Crippen LogP contribution in [0.25, 0.3) is 0 Å². The topological polar surface area (TPSA) is 46.0 Å². The molecule has 0 aromatic carbocycles. The maximum absolute atomic E-state index is 11.2. The van der Waals surface area contributed by atoms with Gasteiger partial charge in [0.1, 0.15) is 5.76 Å². The molecule has 66 valence electrons. The summed E-state index contributed by atoms with van der Waals surface area (Å²) in [5, 5.41) is 2.40. The van der Waals surface area contributed by atoms with Crippen LogP contribution in [0.4, 0.5) is 0 Å². The van der Waals surface area contributed by atoms with Gasteiger partial charge in [0, 0.05) is 6.42 Å². The average Bonchev–Trinajstić information content (AvgIpc) is 2.31. The quantitative estimate of drug-likeness (QED) is 0.638. The van der Waals surface area contributed by atoms with Gasteiger partial charge in [0.2, 0.25) is 0 Å². The number of hydrogen-bond acceptors (Lipinski definition) is 2. The third-order valence-electron chi connectivity index (χ3n) is 2.59. The first-order valence-corrected chi connectivity index (χ1v) is 4.38. The van der Waals surface area contributed by atoms with E-state index in [1.165, 1.54) is 0 Å². The molecule has 3 heteroatoms. The lowest BCUT2D eigenvalue weighted by atomic mass is 9.82. The van der Waals surface area contributed by atoms with E-state index in [1.807, 2.05) is 0 Å². The number of nitrogens with one attached hydrogen (secondary N) is 1. The van der Waals surface area contributed by atoms with Crippen LogP contribution in [-0.4, -0.2) is 5.16 Å². The number of hydrogen-bond donors (Lipinski definition) is 1. The molecule has 0 unspecified atom stereocenters. The van der Waals surface area contributed by atoms with Gasteiger partial charge in [-0.3, -0.25) is 4.79 Å². The fourth-order valence-electron chi connectivity index (χ4n) is 2.12. The first-order valence-electron chi connectivity index (χ1n) is 4.38. The summed E-state index contributed by atoms with van der Waals surface area (Å²) in [5.74, 6) is 1.85. The van der Waals surface area contributed by atoms with Gasteiger partial charge < -0.3 is 4.52 Å². The van der Waals surface area contributed by atoms with Gasteiger partial charge in [-0.15, -0.1) is 0 Å². The SMILES string of the molecule is C[C@@H]1Cc2o[nH]c(=O)c2[C@@H](C)C1. The molecule has 0 amide bonds. The Morgan fingerprint density at radius 3 is 3.00 bits per heavy atom. The van der Waals surface area contributed by atoms with E-state index in [2.05, 4.69) is 19.0 Å². The van der Waals surface area contributed by atoms with E-state index in [0.29, 0.717) is 11.8 Å². The minimum absolute atomic E-state index is 0.0376. The van der Waals surface area contributed by atoms with Crippen molar-refractivity contribution >= 4 is 0 Å². The summed E-state index contributed by atoms with van der Waals surface area (Å²) >= 11 is 0. The lowest BCUT2D eigenvalue weighted by molar-refractivity contribution is 0.333. The molecule has 2 atom stereocenters. The van der Waals surface area contributed by atoms with Gasteiger partial charge in [0.25, 0.3) is 5.56 Å². The molecular weight excluding hydrogens is 154 g/mol. The predicted molar refractivity (Wildman–Crippen MR) is 45.2 cm³/mol. The molecule has 1 aliphatic carbocycles. The van der Waals surface area contributed by atoms with Gasteiger partial charge in [0.05, 0.1) is 5.56 Å². The molecule has 0 saturated carbocycles. The monoisotopic (exact) mass is 167 g/mol. The summed E-state index contributed by atoms with van der Waals surface area (Å²) < 4.78 is 5.09. The van der Waals surface area contributed by atoms with Crippen molar-refractivity contribution in [2.75, 3.05) is 0 Å². The Labute approximate surface area is 70.7 Å². The van der Waals surface area contributed by atoms with Crippen LogP contribution in [-0.2, 0) is 6.42 Å². The summed E-state index contributed by atoms with van der Waals surface area (Å²) in [6.45, 7) is 4.27. The molecule has 0 radical (unpaired) electrons. The van der Waals surface area contributed by atoms with Crippen LogP contribution in [0.2, 0.25) is 0 Å². The van der Waals surface area contributed by atoms with Crippen LogP contribution in [0.3, 0.4) is 0 Å². The Balaban J connectivity index is 2.50. The highest BCUT2D eigenvalue weighted by molar-refractivity contribution is 5.21. The molecule has 0 saturated heterocycles. The zero-order chi connectivity index (χ0) is 8.72. The second kappa shape index (κ2) is 2.51. The lowest BCUT2D eigenvalue weighted by Gasteiger charge is -2.21. The third kappa shape index (κ3) is 1.00. The molecule has 1 aromatic heterocycles. The molecule has 0 bridgehead atoms. The molecule has 3 nitrogen and oxygen atoms in total. The second-order valence-electron chi connectivity index (χ2n) is 3.82. The Morgan fingerprint density at radius 2 is 2.25 bits per heavy atom. The average molecular weight is 167 g/mol. The Bertz CT molecular complexity index is 337. The van der Waals surface area contributed by atoms with E-state index in [0.717, 1.165) is 24.2 Å². The van der Waals surface area contributed by atoms with Crippen LogP contribution in [0.15, 0.2) is 9.32 Å². The molecular formula is C9H13NO2.